The Bertz CT molecular complexity index is 790. The van der Waals surface area contributed by atoms with Gasteiger partial charge in [0.2, 0.25) is 0 Å². The molecule has 0 amide bonds. The van der Waals surface area contributed by atoms with Crippen molar-refractivity contribution in [3.05, 3.63) is 0 Å². The van der Waals surface area contributed by atoms with E-state index in [9.17, 15) is 9.59 Å². The van der Waals surface area contributed by atoms with E-state index in [2.05, 4.69) is 20.8 Å². The van der Waals surface area contributed by atoms with Crippen LogP contribution >= 0.6 is 0 Å². The molecule has 0 aromatic carbocycles. The molecule has 0 spiro atoms. The molecular weight excluding hydrogens is 440 g/mol. The zero-order chi connectivity index (χ0) is 24.8. The monoisotopic (exact) mass is 488 g/mol. The van der Waals surface area contributed by atoms with E-state index >= 15 is 0 Å². The molecule has 0 bridgehead atoms. The van der Waals surface area contributed by atoms with E-state index in [-0.39, 0.29) is 23.8 Å². The summed E-state index contributed by atoms with van der Waals surface area (Å²) < 4.78 is 17.9. The molecule has 4 saturated carbocycles. The highest BCUT2D eigenvalue weighted by atomic mass is 16.7. The van der Waals surface area contributed by atoms with E-state index in [0.29, 0.717) is 53.1 Å². The number of ketones is 1. The third-order valence-electron chi connectivity index (χ3n) is 11.7. The number of ether oxygens (including phenoxy) is 3. The van der Waals surface area contributed by atoms with E-state index in [1.165, 1.54) is 39.2 Å². The van der Waals surface area contributed by atoms with Crippen molar-refractivity contribution in [2.75, 3.05) is 13.7 Å². The molecule has 1 aliphatic heterocycles. The topological polar surface area (TPSA) is 61.8 Å². The summed E-state index contributed by atoms with van der Waals surface area (Å²) in [6, 6.07) is 0. The SMILES string of the molecule is COC(=O)CCC(C)C1CCC2C3C(OC4CCCCO4)CC4CC(=O)CCC4(C)C3CCC12C. The number of carbonyl (C=O) groups excluding carboxylic acids is 2. The fraction of sp³-hybridized carbons (Fsp3) is 0.933. The number of hydrogen-bond acceptors (Lipinski definition) is 5. The van der Waals surface area contributed by atoms with E-state index in [0.717, 1.165) is 51.6 Å². The highest BCUT2D eigenvalue weighted by Gasteiger charge is 2.63. The zero-order valence-electron chi connectivity index (χ0n) is 22.6. The van der Waals surface area contributed by atoms with Gasteiger partial charge in [-0.3, -0.25) is 9.59 Å². The highest BCUT2D eigenvalue weighted by Crippen LogP contribution is 2.68. The van der Waals surface area contributed by atoms with E-state index < -0.39 is 0 Å². The van der Waals surface area contributed by atoms with Gasteiger partial charge in [-0.2, -0.15) is 0 Å². The van der Waals surface area contributed by atoms with Crippen molar-refractivity contribution in [3.8, 4) is 0 Å². The van der Waals surface area contributed by atoms with Crippen LogP contribution in [0.2, 0.25) is 0 Å². The molecule has 1 heterocycles. The summed E-state index contributed by atoms with van der Waals surface area (Å²) in [5.74, 6) is 3.88. The Hall–Kier alpha value is -0.940. The summed E-state index contributed by atoms with van der Waals surface area (Å²) in [5, 5.41) is 0. The van der Waals surface area contributed by atoms with Crippen LogP contribution in [0.4, 0.5) is 0 Å². The first-order valence-electron chi connectivity index (χ1n) is 14.6. The number of methoxy groups -OCH3 is 1. The van der Waals surface area contributed by atoms with Crippen LogP contribution in [0.25, 0.3) is 0 Å². The molecule has 5 nitrogen and oxygen atoms in total. The molecule has 35 heavy (non-hydrogen) atoms. The van der Waals surface area contributed by atoms with Gasteiger partial charge < -0.3 is 14.2 Å². The number of carbonyl (C=O) groups is 2. The summed E-state index contributed by atoms with van der Waals surface area (Å²) in [6.07, 6.45) is 13.6. The molecule has 10 atom stereocenters. The minimum Gasteiger partial charge on any atom is -0.469 e. The van der Waals surface area contributed by atoms with Gasteiger partial charge in [0.05, 0.1) is 13.2 Å². The van der Waals surface area contributed by atoms with E-state index in [1.54, 1.807) is 0 Å². The minimum absolute atomic E-state index is 0.0672. The molecule has 5 aliphatic rings. The van der Waals surface area contributed by atoms with Crippen LogP contribution in [0.15, 0.2) is 0 Å². The smallest absolute Gasteiger partial charge is 0.305 e. The zero-order valence-corrected chi connectivity index (χ0v) is 22.6. The van der Waals surface area contributed by atoms with Gasteiger partial charge >= 0.3 is 5.97 Å². The molecule has 0 aromatic heterocycles. The number of rotatable bonds is 6. The predicted octanol–water partition coefficient (Wildman–Crippen LogP) is 6.33. The van der Waals surface area contributed by atoms with Gasteiger partial charge in [-0.05, 0) is 111 Å². The van der Waals surface area contributed by atoms with Gasteiger partial charge in [-0.15, -0.1) is 0 Å². The fourth-order valence-corrected chi connectivity index (χ4v) is 9.77. The van der Waals surface area contributed by atoms with E-state index in [4.69, 9.17) is 14.2 Å². The quantitative estimate of drug-likeness (QED) is 0.323. The van der Waals surface area contributed by atoms with Crippen molar-refractivity contribution in [1.82, 2.24) is 0 Å². The second-order valence-electron chi connectivity index (χ2n) is 13.3. The third kappa shape index (κ3) is 4.62. The van der Waals surface area contributed by atoms with Crippen LogP contribution in [0.1, 0.15) is 104 Å². The van der Waals surface area contributed by atoms with Crippen molar-refractivity contribution in [3.63, 3.8) is 0 Å². The molecule has 1 saturated heterocycles. The lowest BCUT2D eigenvalue weighted by Gasteiger charge is -2.62. The van der Waals surface area contributed by atoms with Gasteiger partial charge in [0.15, 0.2) is 6.29 Å². The lowest BCUT2D eigenvalue weighted by atomic mass is 9.43. The third-order valence-corrected chi connectivity index (χ3v) is 11.7. The molecule has 5 fully saturated rings. The normalized spacial score (nSPS) is 46.3. The Kier molecular flexibility index (Phi) is 7.40. The van der Waals surface area contributed by atoms with Crippen molar-refractivity contribution < 1.29 is 23.8 Å². The lowest BCUT2D eigenvalue weighted by Crippen LogP contribution is -2.59. The first kappa shape index (κ1) is 25.7. The average Bonchev–Trinajstić information content (AvgIpc) is 3.21. The molecular formula is C30H48O5. The Morgan fingerprint density at radius 1 is 1.09 bits per heavy atom. The number of fused-ring (bicyclic) bond motifs is 5. The minimum atomic E-state index is -0.0840. The molecule has 5 heteroatoms. The van der Waals surface area contributed by atoms with E-state index in [1.807, 2.05) is 0 Å². The summed E-state index contributed by atoms with van der Waals surface area (Å²) in [5.41, 5.74) is 0.571. The number of Topliss-reactive ketones (excluding diaryl/α,β-unsaturated/α-hetero) is 1. The van der Waals surface area contributed by atoms with Gasteiger partial charge in [0.1, 0.15) is 5.78 Å². The summed E-state index contributed by atoms with van der Waals surface area (Å²) >= 11 is 0. The molecule has 0 N–H and O–H groups in total. The second-order valence-corrected chi connectivity index (χ2v) is 13.3. The Balaban J connectivity index is 1.40. The summed E-state index contributed by atoms with van der Waals surface area (Å²) in [7, 11) is 1.49. The first-order valence-corrected chi connectivity index (χ1v) is 14.6. The van der Waals surface area contributed by atoms with Crippen LogP contribution in [0.5, 0.6) is 0 Å². The molecule has 198 valence electrons. The fourth-order valence-electron chi connectivity index (χ4n) is 9.77. The van der Waals surface area contributed by atoms with Gasteiger partial charge in [0.25, 0.3) is 0 Å². The van der Waals surface area contributed by atoms with Crippen molar-refractivity contribution in [1.29, 1.82) is 0 Å². The Morgan fingerprint density at radius 3 is 2.63 bits per heavy atom. The maximum atomic E-state index is 12.5. The van der Waals surface area contributed by atoms with Crippen LogP contribution < -0.4 is 0 Å². The highest BCUT2D eigenvalue weighted by molar-refractivity contribution is 5.79. The standard InChI is InChI=1S/C30H48O5/c1-19(8-11-26(32)33-4)22-9-10-23-28-24(13-15-30(22,23)3)29(2)14-12-21(31)17-20(29)18-25(28)35-27-7-5-6-16-34-27/h19-20,22-25,27-28H,5-18H2,1-4H3. The van der Waals surface area contributed by atoms with Crippen molar-refractivity contribution in [2.24, 2.45) is 46.3 Å². The number of hydrogen-bond donors (Lipinski definition) is 0. The first-order chi connectivity index (χ1) is 16.8. The average molecular weight is 489 g/mol. The second kappa shape index (κ2) is 10.1. The predicted molar refractivity (Wildman–Crippen MR) is 134 cm³/mol. The van der Waals surface area contributed by atoms with Crippen molar-refractivity contribution >= 4 is 11.8 Å². The van der Waals surface area contributed by atoms with Crippen molar-refractivity contribution in [2.45, 2.75) is 117 Å². The molecule has 4 aliphatic carbocycles. The molecule has 0 radical (unpaired) electrons. The maximum Gasteiger partial charge on any atom is 0.305 e. The van der Waals surface area contributed by atoms with Crippen LogP contribution in [0, 0.1) is 46.3 Å². The molecule has 0 aromatic rings. The molecule has 5 rings (SSSR count). The Morgan fingerprint density at radius 2 is 1.89 bits per heavy atom. The summed E-state index contributed by atoms with van der Waals surface area (Å²) in [6.45, 7) is 8.25. The molecule has 10 unspecified atom stereocenters. The van der Waals surface area contributed by atoms with Gasteiger partial charge in [0, 0.05) is 25.9 Å². The lowest BCUT2D eigenvalue weighted by molar-refractivity contribution is -0.247. The van der Waals surface area contributed by atoms with Gasteiger partial charge in [-0.25, -0.2) is 0 Å². The van der Waals surface area contributed by atoms with Crippen LogP contribution in [0.3, 0.4) is 0 Å². The Labute approximate surface area is 212 Å². The largest absolute Gasteiger partial charge is 0.469 e. The van der Waals surface area contributed by atoms with Crippen LogP contribution in [-0.4, -0.2) is 37.9 Å². The van der Waals surface area contributed by atoms with Gasteiger partial charge in [-0.1, -0.05) is 20.8 Å². The maximum absolute atomic E-state index is 12.5. The summed E-state index contributed by atoms with van der Waals surface area (Å²) in [4.78, 5) is 24.3. The van der Waals surface area contributed by atoms with Crippen LogP contribution in [-0.2, 0) is 23.8 Å². The number of esters is 1.